The highest BCUT2D eigenvalue weighted by atomic mass is 127. The van der Waals surface area contributed by atoms with E-state index in [9.17, 15) is 9.59 Å². The molecular formula is C32H30INO6. The van der Waals surface area contributed by atoms with Gasteiger partial charge in [-0.3, -0.25) is 0 Å². The van der Waals surface area contributed by atoms with Crippen molar-refractivity contribution in [2.75, 3.05) is 7.11 Å². The largest absolute Gasteiger partial charge is 0.497 e. The van der Waals surface area contributed by atoms with Crippen LogP contribution in [0.5, 0.6) is 11.5 Å². The normalized spacial score (nSPS) is 11.2. The second kappa shape index (κ2) is 14.9. The van der Waals surface area contributed by atoms with Crippen LogP contribution in [0.3, 0.4) is 0 Å². The van der Waals surface area contributed by atoms with Gasteiger partial charge < -0.3 is 24.3 Å². The quantitative estimate of drug-likeness (QED) is 0.140. The van der Waals surface area contributed by atoms with Gasteiger partial charge in [-0.15, -0.1) is 0 Å². The molecule has 0 heterocycles. The lowest BCUT2D eigenvalue weighted by molar-refractivity contribution is -0.147. The number of carbonyl (C=O) groups excluding carboxylic acids is 2. The van der Waals surface area contributed by atoms with E-state index in [1.807, 2.05) is 103 Å². The zero-order valence-electron chi connectivity index (χ0n) is 22.0. The topological polar surface area (TPSA) is 83.1 Å². The number of hydrogen-bond acceptors (Lipinski definition) is 6. The second-order valence-electron chi connectivity index (χ2n) is 8.96. The summed E-state index contributed by atoms with van der Waals surface area (Å²) in [6.45, 7) is 0.603. The number of methoxy groups -OCH3 is 1. The molecule has 4 aromatic carbocycles. The third-order valence-electron chi connectivity index (χ3n) is 6.00. The summed E-state index contributed by atoms with van der Waals surface area (Å²) < 4.78 is 23.0. The Morgan fingerprint density at radius 1 is 0.725 bits per heavy atom. The third-order valence-corrected chi connectivity index (χ3v) is 6.85. The monoisotopic (exact) mass is 651 g/mol. The van der Waals surface area contributed by atoms with Crippen LogP contribution in [0.15, 0.2) is 103 Å². The van der Waals surface area contributed by atoms with Crippen molar-refractivity contribution in [2.24, 2.45) is 0 Å². The van der Waals surface area contributed by atoms with Crippen LogP contribution in [0.1, 0.15) is 22.3 Å². The number of alkyl carbamates (subject to hydrolysis) is 1. The van der Waals surface area contributed by atoms with Gasteiger partial charge in [-0.2, -0.15) is 0 Å². The molecule has 0 aromatic heterocycles. The lowest BCUT2D eigenvalue weighted by Gasteiger charge is -2.18. The van der Waals surface area contributed by atoms with Crippen molar-refractivity contribution in [1.82, 2.24) is 5.32 Å². The molecule has 1 amide bonds. The average molecular weight is 651 g/mol. The van der Waals surface area contributed by atoms with Crippen LogP contribution in [0.25, 0.3) is 0 Å². The number of benzene rings is 4. The van der Waals surface area contributed by atoms with Gasteiger partial charge in [0.1, 0.15) is 37.4 Å². The molecule has 8 heteroatoms. The van der Waals surface area contributed by atoms with Crippen LogP contribution in [0, 0.1) is 3.57 Å². The Labute approximate surface area is 247 Å². The van der Waals surface area contributed by atoms with E-state index in [1.165, 1.54) is 0 Å². The van der Waals surface area contributed by atoms with E-state index in [0.29, 0.717) is 6.61 Å². The van der Waals surface area contributed by atoms with Gasteiger partial charge in [0.2, 0.25) is 0 Å². The van der Waals surface area contributed by atoms with Crippen LogP contribution in [-0.4, -0.2) is 25.2 Å². The Morgan fingerprint density at radius 3 is 1.90 bits per heavy atom. The minimum absolute atomic E-state index is 0.0938. The van der Waals surface area contributed by atoms with E-state index in [0.717, 1.165) is 37.3 Å². The highest BCUT2D eigenvalue weighted by molar-refractivity contribution is 14.1. The van der Waals surface area contributed by atoms with E-state index < -0.39 is 18.1 Å². The smallest absolute Gasteiger partial charge is 0.408 e. The predicted molar refractivity (Wildman–Crippen MR) is 160 cm³/mol. The van der Waals surface area contributed by atoms with Gasteiger partial charge >= 0.3 is 12.1 Å². The van der Waals surface area contributed by atoms with Gasteiger partial charge in [0.25, 0.3) is 0 Å². The number of amides is 1. The maximum absolute atomic E-state index is 13.1. The zero-order chi connectivity index (χ0) is 28.2. The molecule has 0 saturated heterocycles. The molecule has 4 rings (SSSR count). The molecule has 0 bridgehead atoms. The summed E-state index contributed by atoms with van der Waals surface area (Å²) in [5.74, 6) is 0.964. The van der Waals surface area contributed by atoms with Crippen molar-refractivity contribution in [3.63, 3.8) is 0 Å². The number of halogens is 1. The zero-order valence-corrected chi connectivity index (χ0v) is 24.2. The first-order valence-electron chi connectivity index (χ1n) is 12.7. The Kier molecular flexibility index (Phi) is 10.8. The Hall–Kier alpha value is -4.05. The Morgan fingerprint density at radius 2 is 1.30 bits per heavy atom. The highest BCUT2D eigenvalue weighted by Crippen LogP contribution is 2.24. The molecule has 0 saturated carbocycles. The molecule has 0 spiro atoms. The third kappa shape index (κ3) is 9.01. The van der Waals surface area contributed by atoms with Gasteiger partial charge in [-0.05, 0) is 69.1 Å². The van der Waals surface area contributed by atoms with Crippen LogP contribution in [0.2, 0.25) is 0 Å². The molecule has 4 aromatic rings. The van der Waals surface area contributed by atoms with E-state index in [-0.39, 0.29) is 19.6 Å². The summed E-state index contributed by atoms with van der Waals surface area (Å²) >= 11 is 2.20. The molecule has 1 atom stereocenters. The van der Waals surface area contributed by atoms with Crippen LogP contribution < -0.4 is 14.8 Å². The van der Waals surface area contributed by atoms with Crippen molar-refractivity contribution >= 4 is 34.7 Å². The van der Waals surface area contributed by atoms with E-state index >= 15 is 0 Å². The second-order valence-corrected chi connectivity index (χ2v) is 10.1. The fourth-order valence-corrected chi connectivity index (χ4v) is 4.57. The molecule has 0 aliphatic heterocycles. The fourth-order valence-electron chi connectivity index (χ4n) is 3.84. The van der Waals surface area contributed by atoms with Crippen molar-refractivity contribution in [1.29, 1.82) is 0 Å². The summed E-state index contributed by atoms with van der Waals surface area (Å²) in [7, 11) is 1.63. The van der Waals surface area contributed by atoms with Crippen molar-refractivity contribution in [2.45, 2.75) is 32.3 Å². The minimum atomic E-state index is -0.936. The standard InChI is InChI=1S/C32H30INO6/c1-37-27-15-12-25(13-16-27)20-38-30-17-14-26(18-28(30)33)19-29(31(35)39-21-23-8-4-2-5-9-23)34-32(36)40-22-24-10-6-3-7-11-24/h2-18,29H,19-22H2,1H3,(H,34,36)/t29-/m0/s1. The number of nitrogens with one attached hydrogen (secondary N) is 1. The predicted octanol–water partition coefficient (Wildman–Crippen LogP) is 6.46. The average Bonchev–Trinajstić information content (AvgIpc) is 2.99. The van der Waals surface area contributed by atoms with Crippen LogP contribution >= 0.6 is 22.6 Å². The molecule has 7 nitrogen and oxygen atoms in total. The van der Waals surface area contributed by atoms with Crippen molar-refractivity contribution in [3.8, 4) is 11.5 Å². The first kappa shape index (κ1) is 28.9. The van der Waals surface area contributed by atoms with E-state index in [4.69, 9.17) is 18.9 Å². The molecule has 0 aliphatic carbocycles. The number of ether oxygens (including phenoxy) is 4. The van der Waals surface area contributed by atoms with Crippen LogP contribution in [-0.2, 0) is 40.5 Å². The van der Waals surface area contributed by atoms with Gasteiger partial charge in [-0.1, -0.05) is 78.9 Å². The molecule has 40 heavy (non-hydrogen) atoms. The maximum atomic E-state index is 13.1. The molecule has 0 unspecified atom stereocenters. The highest BCUT2D eigenvalue weighted by Gasteiger charge is 2.24. The first-order valence-corrected chi connectivity index (χ1v) is 13.8. The molecule has 206 valence electrons. The lowest BCUT2D eigenvalue weighted by atomic mass is 10.1. The van der Waals surface area contributed by atoms with Crippen molar-refractivity contribution in [3.05, 3.63) is 129 Å². The molecule has 0 radical (unpaired) electrons. The summed E-state index contributed by atoms with van der Waals surface area (Å²) in [6, 6.07) is 31.1. The summed E-state index contributed by atoms with van der Waals surface area (Å²) in [5.41, 5.74) is 3.56. The number of rotatable bonds is 12. The summed E-state index contributed by atoms with van der Waals surface area (Å²) in [5, 5.41) is 2.68. The first-order chi connectivity index (χ1) is 19.5. The Bertz CT molecular complexity index is 1380. The molecular weight excluding hydrogens is 621 g/mol. The fraction of sp³-hybridized carbons (Fsp3) is 0.188. The van der Waals surface area contributed by atoms with E-state index in [1.54, 1.807) is 7.11 Å². The van der Waals surface area contributed by atoms with Gasteiger partial charge in [0.15, 0.2) is 0 Å². The van der Waals surface area contributed by atoms with Gasteiger partial charge in [-0.25, -0.2) is 9.59 Å². The molecule has 1 N–H and O–H groups in total. The summed E-state index contributed by atoms with van der Waals surface area (Å²) in [6.07, 6.45) is -0.470. The van der Waals surface area contributed by atoms with Gasteiger partial charge in [0, 0.05) is 6.42 Å². The lowest BCUT2D eigenvalue weighted by Crippen LogP contribution is -2.43. The van der Waals surface area contributed by atoms with E-state index in [2.05, 4.69) is 27.9 Å². The molecule has 0 fully saturated rings. The van der Waals surface area contributed by atoms with Crippen LogP contribution in [0.4, 0.5) is 4.79 Å². The minimum Gasteiger partial charge on any atom is -0.497 e. The number of esters is 1. The molecule has 0 aliphatic rings. The van der Waals surface area contributed by atoms with Gasteiger partial charge in [0.05, 0.1) is 10.7 Å². The number of carbonyl (C=O) groups is 2. The SMILES string of the molecule is COc1ccc(COc2ccc(C[C@H](NC(=O)OCc3ccccc3)C(=O)OCc3ccccc3)cc2I)cc1. The maximum Gasteiger partial charge on any atom is 0.408 e. The number of hydrogen-bond donors (Lipinski definition) is 1. The Balaban J connectivity index is 1.40. The van der Waals surface area contributed by atoms with Crippen molar-refractivity contribution < 1.29 is 28.5 Å². The summed E-state index contributed by atoms with van der Waals surface area (Å²) in [4.78, 5) is 25.7.